The minimum Gasteiger partial charge on any atom is -0.480 e. The van der Waals surface area contributed by atoms with Crippen LogP contribution in [0.5, 0.6) is 0 Å². The molecule has 1 amide bonds. The van der Waals surface area contributed by atoms with Crippen molar-refractivity contribution in [2.24, 2.45) is 0 Å². The number of nitrogens with zero attached hydrogens (tertiary/aromatic N) is 2. The third kappa shape index (κ3) is 4.39. The quantitative estimate of drug-likeness (QED) is 0.765. The predicted octanol–water partition coefficient (Wildman–Crippen LogP) is 0.413. The molecule has 0 aromatic carbocycles. The van der Waals surface area contributed by atoms with Crippen molar-refractivity contribution in [1.29, 1.82) is 0 Å². The first-order valence-corrected chi connectivity index (χ1v) is 6.33. The third-order valence-electron chi connectivity index (χ3n) is 2.01. The van der Waals surface area contributed by atoms with Crippen LogP contribution in [0.3, 0.4) is 0 Å². The lowest BCUT2D eigenvalue weighted by Crippen LogP contribution is -2.41. The van der Waals surface area contributed by atoms with Crippen molar-refractivity contribution in [1.82, 2.24) is 15.3 Å². The fourth-order valence-corrected chi connectivity index (χ4v) is 1.61. The molecule has 92 valence electrons. The van der Waals surface area contributed by atoms with Crippen LogP contribution in [0.1, 0.15) is 16.9 Å². The Kier molecular flexibility index (Phi) is 5.41. The van der Waals surface area contributed by atoms with Gasteiger partial charge in [0.15, 0.2) is 0 Å². The van der Waals surface area contributed by atoms with Crippen molar-refractivity contribution < 1.29 is 14.7 Å². The van der Waals surface area contributed by atoms with Gasteiger partial charge < -0.3 is 10.4 Å². The maximum atomic E-state index is 11.6. The lowest BCUT2D eigenvalue weighted by molar-refractivity contribution is -0.139. The van der Waals surface area contributed by atoms with Crippen LogP contribution < -0.4 is 5.32 Å². The Balaban J connectivity index is 2.61. The van der Waals surface area contributed by atoms with E-state index in [2.05, 4.69) is 15.3 Å². The Morgan fingerprint density at radius 2 is 2.29 bits per heavy atom. The van der Waals surface area contributed by atoms with Gasteiger partial charge in [0.05, 0.1) is 6.20 Å². The van der Waals surface area contributed by atoms with E-state index in [0.29, 0.717) is 12.2 Å². The van der Waals surface area contributed by atoms with Crippen molar-refractivity contribution in [2.75, 3.05) is 12.0 Å². The van der Waals surface area contributed by atoms with Crippen molar-refractivity contribution in [3.8, 4) is 0 Å². The second-order valence-corrected chi connectivity index (χ2v) is 4.22. The summed E-state index contributed by atoms with van der Waals surface area (Å²) < 4.78 is 0. The average molecular weight is 255 g/mol. The summed E-state index contributed by atoms with van der Waals surface area (Å²) in [6.45, 7) is 0. The van der Waals surface area contributed by atoms with Gasteiger partial charge in [-0.15, -0.1) is 0 Å². The first-order valence-electron chi connectivity index (χ1n) is 4.93. The second kappa shape index (κ2) is 6.85. The average Bonchev–Trinajstić information content (AvgIpc) is 2.35. The van der Waals surface area contributed by atoms with E-state index in [0.717, 1.165) is 0 Å². The molecule has 1 heterocycles. The predicted molar refractivity (Wildman–Crippen MR) is 63.9 cm³/mol. The fourth-order valence-electron chi connectivity index (χ4n) is 1.14. The van der Waals surface area contributed by atoms with Crippen molar-refractivity contribution in [3.05, 3.63) is 24.3 Å². The van der Waals surface area contributed by atoms with Gasteiger partial charge in [0.25, 0.3) is 5.91 Å². The number of hydrogen-bond acceptors (Lipinski definition) is 5. The number of rotatable bonds is 6. The van der Waals surface area contributed by atoms with Crippen LogP contribution in [0.2, 0.25) is 0 Å². The summed E-state index contributed by atoms with van der Waals surface area (Å²) in [6.07, 6.45) is 6.38. The molecular weight excluding hydrogens is 242 g/mol. The lowest BCUT2D eigenvalue weighted by atomic mass is 10.2. The van der Waals surface area contributed by atoms with Gasteiger partial charge in [-0.1, -0.05) is 0 Å². The lowest BCUT2D eigenvalue weighted by Gasteiger charge is -2.13. The highest BCUT2D eigenvalue weighted by molar-refractivity contribution is 7.98. The number of carbonyl (C=O) groups is 2. The SMILES string of the molecule is CSCCC(NC(=O)c1cnccn1)C(=O)O. The molecule has 0 spiro atoms. The van der Waals surface area contributed by atoms with Gasteiger partial charge in [-0.3, -0.25) is 9.78 Å². The summed E-state index contributed by atoms with van der Waals surface area (Å²) in [5, 5.41) is 11.3. The van der Waals surface area contributed by atoms with Gasteiger partial charge in [0.1, 0.15) is 11.7 Å². The zero-order valence-corrected chi connectivity index (χ0v) is 10.1. The van der Waals surface area contributed by atoms with E-state index < -0.39 is 17.9 Å². The van der Waals surface area contributed by atoms with Gasteiger partial charge in [0, 0.05) is 12.4 Å². The van der Waals surface area contributed by atoms with E-state index in [1.807, 2.05) is 6.26 Å². The number of carboxylic acids is 1. The Bertz CT molecular complexity index is 386. The van der Waals surface area contributed by atoms with Gasteiger partial charge in [-0.2, -0.15) is 11.8 Å². The van der Waals surface area contributed by atoms with Gasteiger partial charge in [0.2, 0.25) is 0 Å². The van der Waals surface area contributed by atoms with Crippen LogP contribution in [0.25, 0.3) is 0 Å². The first kappa shape index (κ1) is 13.4. The molecule has 0 radical (unpaired) electrons. The number of aromatic nitrogens is 2. The van der Waals surface area contributed by atoms with Crippen LogP contribution in [0.4, 0.5) is 0 Å². The molecule has 17 heavy (non-hydrogen) atoms. The van der Waals surface area contributed by atoms with Crippen LogP contribution in [-0.2, 0) is 4.79 Å². The zero-order chi connectivity index (χ0) is 12.7. The summed E-state index contributed by atoms with van der Waals surface area (Å²) in [4.78, 5) is 30.1. The van der Waals surface area contributed by atoms with E-state index in [1.54, 1.807) is 0 Å². The molecule has 1 aromatic heterocycles. The van der Waals surface area contributed by atoms with Crippen molar-refractivity contribution in [3.63, 3.8) is 0 Å². The Morgan fingerprint density at radius 3 is 2.82 bits per heavy atom. The number of aliphatic carboxylic acids is 1. The molecule has 0 saturated carbocycles. The first-order chi connectivity index (χ1) is 8.15. The molecule has 0 aliphatic rings. The zero-order valence-electron chi connectivity index (χ0n) is 9.29. The standard InChI is InChI=1S/C10H13N3O3S/c1-17-5-2-7(10(15)16)13-9(14)8-6-11-3-4-12-8/h3-4,6-7H,2,5H2,1H3,(H,13,14)(H,15,16). The molecule has 1 rings (SSSR count). The summed E-state index contributed by atoms with van der Waals surface area (Å²) in [6, 6.07) is -0.892. The van der Waals surface area contributed by atoms with Gasteiger partial charge in [-0.05, 0) is 18.4 Å². The van der Waals surface area contributed by atoms with Crippen LogP contribution in [0, 0.1) is 0 Å². The molecule has 0 bridgehead atoms. The number of carboxylic acid groups (broad SMARTS) is 1. The number of hydrogen-bond donors (Lipinski definition) is 2. The van der Waals surface area contributed by atoms with Gasteiger partial charge in [-0.25, -0.2) is 9.78 Å². The number of carbonyl (C=O) groups excluding carboxylic acids is 1. The highest BCUT2D eigenvalue weighted by atomic mass is 32.2. The monoisotopic (exact) mass is 255 g/mol. The minimum atomic E-state index is -1.05. The Morgan fingerprint density at radius 1 is 1.53 bits per heavy atom. The van der Waals surface area contributed by atoms with Gasteiger partial charge >= 0.3 is 5.97 Å². The van der Waals surface area contributed by atoms with E-state index in [-0.39, 0.29) is 5.69 Å². The van der Waals surface area contributed by atoms with E-state index in [9.17, 15) is 9.59 Å². The van der Waals surface area contributed by atoms with E-state index in [1.165, 1.54) is 30.4 Å². The molecule has 0 aliphatic carbocycles. The molecular formula is C10H13N3O3S. The van der Waals surface area contributed by atoms with Crippen molar-refractivity contribution in [2.45, 2.75) is 12.5 Å². The maximum absolute atomic E-state index is 11.6. The topological polar surface area (TPSA) is 92.2 Å². The summed E-state index contributed by atoms with van der Waals surface area (Å²) >= 11 is 1.53. The van der Waals surface area contributed by atoms with E-state index in [4.69, 9.17) is 5.11 Å². The van der Waals surface area contributed by atoms with Crippen LogP contribution in [-0.4, -0.2) is 45.0 Å². The second-order valence-electron chi connectivity index (χ2n) is 3.24. The molecule has 6 nitrogen and oxygen atoms in total. The largest absolute Gasteiger partial charge is 0.480 e. The minimum absolute atomic E-state index is 0.114. The van der Waals surface area contributed by atoms with Crippen LogP contribution in [0.15, 0.2) is 18.6 Å². The summed E-state index contributed by atoms with van der Waals surface area (Å²) in [5.74, 6) is -0.902. The smallest absolute Gasteiger partial charge is 0.326 e. The fraction of sp³-hybridized carbons (Fsp3) is 0.400. The molecule has 7 heteroatoms. The highest BCUT2D eigenvalue weighted by Crippen LogP contribution is 2.02. The van der Waals surface area contributed by atoms with Crippen molar-refractivity contribution >= 4 is 23.6 Å². The molecule has 2 N–H and O–H groups in total. The van der Waals surface area contributed by atoms with Crippen LogP contribution >= 0.6 is 11.8 Å². The molecule has 1 unspecified atom stereocenters. The number of nitrogens with one attached hydrogen (secondary N) is 1. The molecule has 1 atom stereocenters. The normalized spacial score (nSPS) is 11.8. The molecule has 0 saturated heterocycles. The maximum Gasteiger partial charge on any atom is 0.326 e. The molecule has 0 fully saturated rings. The summed E-state index contributed by atoms with van der Waals surface area (Å²) in [5.41, 5.74) is 0.114. The summed E-state index contributed by atoms with van der Waals surface area (Å²) in [7, 11) is 0. The Hall–Kier alpha value is -1.63. The number of thioether (sulfide) groups is 1. The molecule has 0 aliphatic heterocycles. The Labute approximate surface area is 103 Å². The molecule has 1 aromatic rings. The third-order valence-corrected chi connectivity index (χ3v) is 2.65. The van der Waals surface area contributed by atoms with E-state index >= 15 is 0 Å². The number of amides is 1. The highest BCUT2D eigenvalue weighted by Gasteiger charge is 2.20.